The van der Waals surface area contributed by atoms with Gasteiger partial charge in [0, 0.05) is 160 Å². The van der Waals surface area contributed by atoms with Crippen molar-refractivity contribution in [2.45, 2.75) is 47.8 Å². The fourth-order valence-corrected chi connectivity index (χ4v) is 27.0. The lowest BCUT2D eigenvalue weighted by molar-refractivity contribution is 0.317. The van der Waals surface area contributed by atoms with Gasteiger partial charge in [0.25, 0.3) is 0 Å². The molecule has 20 aromatic carbocycles. The molecule has 0 atom stereocenters. The molecule has 8 aliphatic carbocycles. The van der Waals surface area contributed by atoms with Crippen LogP contribution in [0.25, 0.3) is 89.0 Å². The third kappa shape index (κ3) is 14.1. The average molecular weight is 1910 g/mol. The molecule has 0 radical (unpaired) electrons. The largest absolute Gasteiger partial charge is 0.378 e. The second-order valence-electron chi connectivity index (χ2n) is 42.0. The van der Waals surface area contributed by atoms with E-state index in [9.17, 15) is 0 Å². The second kappa shape index (κ2) is 36.6. The zero-order valence-corrected chi connectivity index (χ0v) is 86.3. The van der Waals surface area contributed by atoms with Crippen molar-refractivity contribution < 1.29 is 0 Å². The van der Waals surface area contributed by atoms with E-state index in [1.54, 1.807) is 0 Å². The van der Waals surface area contributed by atoms with Crippen molar-refractivity contribution in [1.29, 1.82) is 0 Å². The van der Waals surface area contributed by atoms with Crippen molar-refractivity contribution in [3.8, 4) is 89.0 Å². The first kappa shape index (κ1) is 92.1. The molecule has 0 saturated carbocycles. The van der Waals surface area contributed by atoms with Crippen LogP contribution in [0.5, 0.6) is 0 Å². The number of hydrogen-bond acceptors (Lipinski definition) is 8. The Morgan fingerprint density at radius 2 is 0.372 bits per heavy atom. The molecule has 0 aliphatic heterocycles. The minimum Gasteiger partial charge on any atom is -0.378 e. The summed E-state index contributed by atoms with van der Waals surface area (Å²) in [4.78, 5) is 18.3. The molecule has 720 valence electrons. The summed E-state index contributed by atoms with van der Waals surface area (Å²) in [5.41, 5.74) is 57.9. The zero-order valence-electron chi connectivity index (χ0n) is 86.3. The number of rotatable bonds is 16. The quantitative estimate of drug-likeness (QED) is 0.0944. The number of hydrogen-bond donors (Lipinski definition) is 0. The van der Waals surface area contributed by atoms with Crippen LogP contribution in [0.4, 0.5) is 45.5 Å². The Kier molecular flexibility index (Phi) is 22.8. The lowest BCUT2D eigenvalue weighted by atomic mass is 9.69. The predicted octanol–water partition coefficient (Wildman–Crippen LogP) is 31.1. The summed E-state index contributed by atoms with van der Waals surface area (Å²) in [6, 6.07) is 171. The third-order valence-corrected chi connectivity index (χ3v) is 33.0. The molecule has 0 unspecified atom stereocenters. The van der Waals surface area contributed by atoms with Crippen LogP contribution in [0.1, 0.15) is 111 Å². The summed E-state index contributed by atoms with van der Waals surface area (Å²) < 4.78 is 0. The first-order valence-electron chi connectivity index (χ1n) is 52.0. The maximum atomic E-state index is 2.45. The van der Waals surface area contributed by atoms with Gasteiger partial charge in [0.15, 0.2) is 0 Å². The Morgan fingerprint density at radius 3 is 0.689 bits per heavy atom. The van der Waals surface area contributed by atoms with Gasteiger partial charge in [-0.05, 0) is 269 Å². The number of nitrogens with zero attached hydrogens (tertiary/aromatic N) is 8. The molecule has 28 rings (SSSR count). The molecule has 0 N–H and O–H groups in total. The van der Waals surface area contributed by atoms with Crippen LogP contribution in [0.2, 0.25) is 0 Å². The zero-order chi connectivity index (χ0) is 101. The van der Waals surface area contributed by atoms with Crippen molar-refractivity contribution >= 4 is 45.5 Å². The van der Waals surface area contributed by atoms with E-state index in [0.717, 1.165) is 26.2 Å². The number of anilines is 8. The van der Waals surface area contributed by atoms with Gasteiger partial charge in [-0.1, -0.05) is 388 Å². The smallest absolute Gasteiger partial charge is 0.0745 e. The molecule has 0 amide bonds. The normalized spacial score (nSPS) is 13.7. The van der Waals surface area contributed by atoms with E-state index in [0.29, 0.717) is 0 Å². The summed E-state index contributed by atoms with van der Waals surface area (Å²) in [5, 5.41) is 0. The Morgan fingerprint density at radius 1 is 0.155 bits per heavy atom. The van der Waals surface area contributed by atoms with Crippen LogP contribution in [0, 0.1) is 0 Å². The highest BCUT2D eigenvalue weighted by Gasteiger charge is 2.58. The minimum atomic E-state index is -0.344. The number of fused-ring (bicyclic) bond motifs is 40. The minimum absolute atomic E-state index is 0.290. The standard InChI is InChI=1S/C36H32N2.2C35H30N2.C34H28N2/c1-37(2)27-14-10-12-25(22-27)23-38(3)24-26-13-11-18-31-30-17-6-9-21-34(30)36(35(26)31)32-19-7-4-15-28(32)29-16-5-8-20-33(29)36;1-36(2)25-13-11-14-26(22-25)37(3)23-24-12-10-18-30-29-17-6-9-21-33(29)35(34(24)30)31-19-7-4-15-27(31)28-16-5-8-20-32(28)35;1-36(2)25-13-10-12-24(22-25)23-37(3)33-21-11-17-29-28-16-6-9-20-32(28)35(34(29)33)30-18-7-4-14-26(30)27-15-5-8-19-31(27)35;1-35(2)23-12-10-13-24(22-23)36(3)32-21-11-17-28-27-16-6-9-20-31(27)34(33(28)32)29-18-7-4-14-25(29)26-15-5-8-19-30(26)34/h4-22H,23-24H2,1-3H3;2*4-22H,23H2,1-3H3;4-22H,1-3H3. The molecule has 148 heavy (non-hydrogen) atoms. The molecule has 0 bridgehead atoms. The Balaban J connectivity index is 0.000000103. The fourth-order valence-electron chi connectivity index (χ4n) is 27.0. The highest BCUT2D eigenvalue weighted by Crippen LogP contribution is 2.70. The maximum Gasteiger partial charge on any atom is 0.0745 e. The van der Waals surface area contributed by atoms with Gasteiger partial charge >= 0.3 is 0 Å². The predicted molar refractivity (Wildman–Crippen MR) is 621 cm³/mol. The highest BCUT2D eigenvalue weighted by molar-refractivity contribution is 6.03. The van der Waals surface area contributed by atoms with Crippen molar-refractivity contribution in [3.05, 3.63) is 572 Å². The van der Waals surface area contributed by atoms with Gasteiger partial charge in [-0.15, -0.1) is 0 Å². The van der Waals surface area contributed by atoms with E-state index in [1.165, 1.54) is 246 Å². The van der Waals surface area contributed by atoms with E-state index >= 15 is 0 Å². The second-order valence-corrected chi connectivity index (χ2v) is 42.0. The van der Waals surface area contributed by atoms with Crippen molar-refractivity contribution in [3.63, 3.8) is 0 Å². The first-order chi connectivity index (χ1) is 72.4. The maximum absolute atomic E-state index is 2.45. The average Bonchev–Trinajstić information content (AvgIpc) is 1.52. The Hall–Kier alpha value is -17.0. The fraction of sp³-hybridized carbons (Fsp3) is 0.143. The van der Waals surface area contributed by atoms with E-state index < -0.39 is 0 Å². The first-order valence-corrected chi connectivity index (χ1v) is 52.0. The van der Waals surface area contributed by atoms with Crippen molar-refractivity contribution in [1.82, 2.24) is 4.90 Å². The Labute approximate surface area is 872 Å². The van der Waals surface area contributed by atoms with Gasteiger partial charge in [0.05, 0.1) is 21.7 Å². The summed E-state index contributed by atoms with van der Waals surface area (Å²) >= 11 is 0. The Bertz CT molecular complexity index is 8390. The van der Waals surface area contributed by atoms with Gasteiger partial charge in [0.2, 0.25) is 0 Å². The molecule has 0 heterocycles. The van der Waals surface area contributed by atoms with Crippen LogP contribution in [-0.4, -0.2) is 89.5 Å². The SMILES string of the molecule is CN(C)c1cccc(CN(C)c2cccc3c2C2(c4ccccc4-c4ccccc42)c2ccccc2-3)c1.CN(C)c1cccc(N(C)Cc2cccc3c2C2(c4ccccc4-c4ccccc42)c2ccccc2-3)c1.CN(C)c1cccc(N(C)c2cccc3c2C2(c4ccccc4-c4ccccc42)c2ccccc2-3)c1.CN(Cc1cccc(N(C)C)c1)Cc1cccc2c1C1(c3ccccc3-c3ccccc31)c1ccccc1-2. The van der Waals surface area contributed by atoms with Gasteiger partial charge in [-0.25, -0.2) is 0 Å². The number of benzene rings is 20. The molecule has 0 saturated heterocycles. The van der Waals surface area contributed by atoms with E-state index in [2.05, 4.69) is 585 Å². The third-order valence-electron chi connectivity index (χ3n) is 33.0. The van der Waals surface area contributed by atoms with Crippen LogP contribution >= 0.6 is 0 Å². The van der Waals surface area contributed by atoms with Gasteiger partial charge in [-0.3, -0.25) is 4.90 Å². The van der Waals surface area contributed by atoms with Crippen LogP contribution in [0.15, 0.2) is 461 Å². The van der Waals surface area contributed by atoms with Crippen LogP contribution in [0.3, 0.4) is 0 Å². The van der Waals surface area contributed by atoms with Gasteiger partial charge in [-0.2, -0.15) is 0 Å². The lowest BCUT2D eigenvalue weighted by Gasteiger charge is -2.34. The topological polar surface area (TPSA) is 25.9 Å². The van der Waals surface area contributed by atoms with E-state index in [4.69, 9.17) is 0 Å². The van der Waals surface area contributed by atoms with Gasteiger partial charge < -0.3 is 34.3 Å². The monoisotopic (exact) mass is 1910 g/mol. The molecule has 8 nitrogen and oxygen atoms in total. The molecule has 8 aliphatic rings. The molecule has 20 aromatic rings. The summed E-state index contributed by atoms with van der Waals surface area (Å²) in [6.45, 7) is 3.46. The van der Waals surface area contributed by atoms with Crippen molar-refractivity contribution in [2.24, 2.45) is 0 Å². The van der Waals surface area contributed by atoms with Crippen molar-refractivity contribution in [2.75, 3.05) is 119 Å². The summed E-state index contributed by atoms with van der Waals surface area (Å²) in [5.74, 6) is 0. The molecule has 0 fully saturated rings. The molecular weight excluding hydrogens is 1790 g/mol. The summed E-state index contributed by atoms with van der Waals surface area (Å²) in [7, 11) is 25.7. The lowest BCUT2D eigenvalue weighted by Crippen LogP contribution is -2.29. The van der Waals surface area contributed by atoms with Crippen LogP contribution < -0.4 is 34.3 Å². The summed E-state index contributed by atoms with van der Waals surface area (Å²) in [6.07, 6.45) is 0. The highest BCUT2D eigenvalue weighted by atomic mass is 15.1. The van der Waals surface area contributed by atoms with E-state index in [1.807, 2.05) is 0 Å². The molecule has 8 heteroatoms. The molecule has 4 spiro atoms. The van der Waals surface area contributed by atoms with Crippen LogP contribution in [-0.2, 0) is 47.8 Å². The van der Waals surface area contributed by atoms with Gasteiger partial charge in [0.1, 0.15) is 0 Å². The molecule has 0 aromatic heterocycles. The molecular formula is C140H120N8. The van der Waals surface area contributed by atoms with E-state index in [-0.39, 0.29) is 21.7 Å².